The summed E-state index contributed by atoms with van der Waals surface area (Å²) in [4.78, 5) is 17.3. The number of carbonyl (C=O) groups is 1. The molecule has 0 radical (unpaired) electrons. The number of piperidine rings is 1. The first-order valence-electron chi connectivity index (χ1n) is 10.2. The minimum Gasteiger partial charge on any atom is -0.325 e. The van der Waals surface area contributed by atoms with E-state index in [1.807, 2.05) is 0 Å². The summed E-state index contributed by atoms with van der Waals surface area (Å²) < 4.78 is 0. The molecular weight excluding hydrogens is 308 g/mol. The van der Waals surface area contributed by atoms with Gasteiger partial charge >= 0.3 is 6.03 Å². The predicted molar refractivity (Wildman–Crippen MR) is 104 cm³/mol. The van der Waals surface area contributed by atoms with Gasteiger partial charge in [0.25, 0.3) is 0 Å². The normalized spacial score (nSPS) is 24.2. The lowest BCUT2D eigenvalue weighted by Crippen LogP contribution is -2.49. The van der Waals surface area contributed by atoms with Crippen molar-refractivity contribution >= 4 is 6.03 Å². The van der Waals surface area contributed by atoms with Gasteiger partial charge in [0, 0.05) is 25.2 Å². The number of likely N-dealkylation sites (tertiary alicyclic amines) is 2. The molecule has 0 unspecified atom stereocenters. The van der Waals surface area contributed by atoms with Crippen molar-refractivity contribution < 1.29 is 4.79 Å². The van der Waals surface area contributed by atoms with Crippen LogP contribution in [0.1, 0.15) is 76.3 Å². The van der Waals surface area contributed by atoms with Crippen LogP contribution in [0.3, 0.4) is 0 Å². The van der Waals surface area contributed by atoms with Crippen LogP contribution in [0, 0.1) is 0 Å². The van der Waals surface area contributed by atoms with Gasteiger partial charge in [0.2, 0.25) is 0 Å². The first kappa shape index (κ1) is 18.3. The molecule has 0 aromatic heterocycles. The Balaban J connectivity index is 1.59. The van der Waals surface area contributed by atoms with E-state index in [-0.39, 0.29) is 0 Å². The Bertz CT molecular complexity index is 560. The van der Waals surface area contributed by atoms with Crippen LogP contribution in [0.25, 0.3) is 0 Å². The van der Waals surface area contributed by atoms with Crippen LogP contribution in [-0.4, -0.2) is 41.0 Å². The molecule has 1 aromatic rings. The number of nitrogens with zero attached hydrogens (tertiary/aromatic N) is 2. The molecule has 0 spiro atoms. The molecule has 0 N–H and O–H groups in total. The van der Waals surface area contributed by atoms with Crippen molar-refractivity contribution in [1.82, 2.24) is 9.80 Å². The molecule has 2 fully saturated rings. The maximum Gasteiger partial charge on any atom is 0.320 e. The molecule has 2 heterocycles. The van der Waals surface area contributed by atoms with Crippen molar-refractivity contribution in [2.45, 2.75) is 83.7 Å². The monoisotopic (exact) mass is 342 g/mol. The van der Waals surface area contributed by atoms with Gasteiger partial charge in [-0.3, -0.25) is 0 Å². The third-order valence-electron chi connectivity index (χ3n) is 6.05. The third kappa shape index (κ3) is 4.37. The molecule has 3 nitrogen and oxygen atoms in total. The molecule has 25 heavy (non-hydrogen) atoms. The van der Waals surface area contributed by atoms with Gasteiger partial charge in [0.15, 0.2) is 0 Å². The highest BCUT2D eigenvalue weighted by atomic mass is 16.2. The SMILES string of the molecule is CC(C)c1ccc(CC[C@H]2CC[C@@H](C)N2C(=O)N2CCCCC2)cc1. The second-order valence-electron chi connectivity index (χ2n) is 8.25. The Morgan fingerprint density at radius 3 is 2.40 bits per heavy atom. The predicted octanol–water partition coefficient (Wildman–Crippen LogP) is 5.20. The molecule has 138 valence electrons. The number of amides is 2. The van der Waals surface area contributed by atoms with Gasteiger partial charge in [0.05, 0.1) is 0 Å². The zero-order valence-corrected chi connectivity index (χ0v) is 16.2. The van der Waals surface area contributed by atoms with Gasteiger partial charge in [-0.05, 0) is 68.9 Å². The highest BCUT2D eigenvalue weighted by molar-refractivity contribution is 5.75. The smallest absolute Gasteiger partial charge is 0.320 e. The fourth-order valence-corrected chi connectivity index (χ4v) is 4.35. The molecule has 3 heteroatoms. The fourth-order valence-electron chi connectivity index (χ4n) is 4.35. The van der Waals surface area contributed by atoms with E-state index in [0.29, 0.717) is 24.0 Å². The minimum atomic E-state index is 0.296. The molecular formula is C22H34N2O. The Hall–Kier alpha value is -1.51. The molecule has 0 bridgehead atoms. The van der Waals surface area contributed by atoms with E-state index in [1.54, 1.807) is 0 Å². The number of carbonyl (C=O) groups excluding carboxylic acids is 1. The van der Waals surface area contributed by atoms with E-state index in [4.69, 9.17) is 0 Å². The quantitative estimate of drug-likeness (QED) is 0.737. The average molecular weight is 343 g/mol. The van der Waals surface area contributed by atoms with Crippen LogP contribution in [0.2, 0.25) is 0 Å². The summed E-state index contributed by atoms with van der Waals surface area (Å²) in [5, 5.41) is 0. The van der Waals surface area contributed by atoms with Crippen LogP contribution >= 0.6 is 0 Å². The lowest BCUT2D eigenvalue weighted by Gasteiger charge is -2.36. The van der Waals surface area contributed by atoms with E-state index in [2.05, 4.69) is 54.8 Å². The first-order valence-corrected chi connectivity index (χ1v) is 10.2. The summed E-state index contributed by atoms with van der Waals surface area (Å²) in [5.74, 6) is 0.586. The molecule has 2 atom stereocenters. The Morgan fingerprint density at radius 1 is 1.08 bits per heavy atom. The van der Waals surface area contributed by atoms with Crippen molar-refractivity contribution in [3.8, 4) is 0 Å². The van der Waals surface area contributed by atoms with Crippen LogP contribution in [0.15, 0.2) is 24.3 Å². The van der Waals surface area contributed by atoms with Gasteiger partial charge < -0.3 is 9.80 Å². The highest BCUT2D eigenvalue weighted by Crippen LogP contribution is 2.29. The van der Waals surface area contributed by atoms with E-state index in [1.165, 1.54) is 30.4 Å². The lowest BCUT2D eigenvalue weighted by atomic mass is 9.98. The van der Waals surface area contributed by atoms with E-state index >= 15 is 0 Å². The molecule has 0 saturated carbocycles. The van der Waals surface area contributed by atoms with E-state index < -0.39 is 0 Å². The topological polar surface area (TPSA) is 23.6 Å². The van der Waals surface area contributed by atoms with E-state index in [9.17, 15) is 4.79 Å². The summed E-state index contributed by atoms with van der Waals surface area (Å²) in [6, 6.07) is 10.2. The Labute approximate surface area is 153 Å². The molecule has 1 aromatic carbocycles. The van der Waals surface area contributed by atoms with Crippen LogP contribution in [-0.2, 0) is 6.42 Å². The van der Waals surface area contributed by atoms with Crippen molar-refractivity contribution in [3.63, 3.8) is 0 Å². The number of hydrogen-bond acceptors (Lipinski definition) is 1. The van der Waals surface area contributed by atoms with Gasteiger partial charge in [-0.15, -0.1) is 0 Å². The second kappa shape index (κ2) is 8.25. The molecule has 3 rings (SSSR count). The first-order chi connectivity index (χ1) is 12.1. The van der Waals surface area contributed by atoms with Crippen molar-refractivity contribution in [2.24, 2.45) is 0 Å². The second-order valence-corrected chi connectivity index (χ2v) is 8.25. The maximum atomic E-state index is 13.0. The molecule has 2 saturated heterocycles. The summed E-state index contributed by atoms with van der Waals surface area (Å²) in [7, 11) is 0. The summed E-state index contributed by atoms with van der Waals surface area (Å²) in [5.41, 5.74) is 2.80. The maximum absolute atomic E-state index is 13.0. The summed E-state index contributed by atoms with van der Waals surface area (Å²) in [6.45, 7) is 8.59. The number of aryl methyl sites for hydroxylation is 1. The number of urea groups is 1. The molecule has 2 aliphatic rings. The zero-order valence-electron chi connectivity index (χ0n) is 16.2. The summed E-state index contributed by atoms with van der Waals surface area (Å²) in [6.07, 6.45) is 8.07. The summed E-state index contributed by atoms with van der Waals surface area (Å²) >= 11 is 0. The number of rotatable bonds is 4. The highest BCUT2D eigenvalue weighted by Gasteiger charge is 2.36. The largest absolute Gasteiger partial charge is 0.325 e. The van der Waals surface area contributed by atoms with Crippen LogP contribution < -0.4 is 0 Å². The third-order valence-corrected chi connectivity index (χ3v) is 6.05. The van der Waals surface area contributed by atoms with Gasteiger partial charge in [0.1, 0.15) is 0 Å². The van der Waals surface area contributed by atoms with Crippen molar-refractivity contribution in [1.29, 1.82) is 0 Å². The van der Waals surface area contributed by atoms with Crippen LogP contribution in [0.4, 0.5) is 4.79 Å². The van der Waals surface area contributed by atoms with Gasteiger partial charge in [-0.2, -0.15) is 0 Å². The molecule has 2 aliphatic heterocycles. The Morgan fingerprint density at radius 2 is 1.76 bits per heavy atom. The van der Waals surface area contributed by atoms with Crippen LogP contribution in [0.5, 0.6) is 0 Å². The number of benzene rings is 1. The minimum absolute atomic E-state index is 0.296. The van der Waals surface area contributed by atoms with E-state index in [0.717, 1.165) is 38.8 Å². The standard InChI is InChI=1S/C22H34N2O/c1-17(2)20-11-8-19(9-12-20)10-14-21-13-7-18(3)24(21)22(25)23-15-5-4-6-16-23/h8-9,11-12,17-18,21H,4-7,10,13-16H2,1-3H3/t18-,21-/m1/s1. The Kier molecular flexibility index (Phi) is 6.03. The number of hydrogen-bond donors (Lipinski definition) is 0. The molecule has 2 amide bonds. The molecule has 0 aliphatic carbocycles. The lowest BCUT2D eigenvalue weighted by molar-refractivity contribution is 0.124. The zero-order chi connectivity index (χ0) is 17.8. The van der Waals surface area contributed by atoms with Crippen molar-refractivity contribution in [2.75, 3.05) is 13.1 Å². The van der Waals surface area contributed by atoms with Gasteiger partial charge in [-0.1, -0.05) is 38.1 Å². The average Bonchev–Trinajstić information content (AvgIpc) is 3.01. The van der Waals surface area contributed by atoms with Gasteiger partial charge in [-0.25, -0.2) is 4.79 Å². The fraction of sp³-hybridized carbons (Fsp3) is 0.682. The van der Waals surface area contributed by atoms with Crippen molar-refractivity contribution in [3.05, 3.63) is 35.4 Å².